The molecule has 0 saturated carbocycles. The number of aromatic amines is 1. The molecule has 0 spiro atoms. The molecule has 1 aromatic carbocycles. The lowest BCUT2D eigenvalue weighted by molar-refractivity contribution is -0.144. The zero-order chi connectivity index (χ0) is 43.7. The number of hydrogen-bond donors (Lipinski definition) is 9. The third-order valence-corrected chi connectivity index (χ3v) is 11.2. The minimum atomic E-state index is -1.64. The van der Waals surface area contributed by atoms with Gasteiger partial charge < -0.3 is 56.9 Å². The first-order valence-corrected chi connectivity index (χ1v) is 20.8. The van der Waals surface area contributed by atoms with Crippen molar-refractivity contribution in [2.75, 3.05) is 32.8 Å². The van der Waals surface area contributed by atoms with Gasteiger partial charge in [0.1, 0.15) is 42.3 Å². The molecule has 19 nitrogen and oxygen atoms in total. The molecule has 2 aromatic rings. The number of benzene rings is 1. The maximum absolute atomic E-state index is 14.2. The van der Waals surface area contributed by atoms with Gasteiger partial charge in [-0.3, -0.25) is 38.4 Å². The van der Waals surface area contributed by atoms with Gasteiger partial charge in [0, 0.05) is 36.6 Å². The summed E-state index contributed by atoms with van der Waals surface area (Å²) in [6.07, 6.45) is 3.59. The summed E-state index contributed by atoms with van der Waals surface area (Å²) in [5, 5.41) is 36.5. The molecule has 1 aromatic heterocycles. The van der Waals surface area contributed by atoms with Crippen molar-refractivity contribution >= 4 is 58.2 Å². The Morgan fingerprint density at radius 1 is 0.617 bits per heavy atom. The van der Waals surface area contributed by atoms with Gasteiger partial charge in [0.15, 0.2) is 0 Å². The normalized spacial score (nSPS) is 27.2. The van der Waals surface area contributed by atoms with Crippen LogP contribution in [0.2, 0.25) is 0 Å². The highest BCUT2D eigenvalue weighted by Gasteiger charge is 2.42. The standard InChI is InChI=1S/C41H59N9O10/c1-22(2)15-27-36(55)44-28(17-24-18-42-26-10-6-5-9-25(24)26)37(56)48-31(21-52)38(57)47-30(20-51)35(54)43-19-34(53)49-13-7-11-32(49)39(58)46-29(16-23(3)4)41(60)50-14-8-12-33(50)40(59)45-27/h5-6,9-10,18,22-23,27-33,42,51-52H,7-8,11-17,19-21H2,1-4H3,(H,43,54)(H,44,55)(H,45,59)(H,46,58)(H,47,57)(H,48,56)/t27-,28-,29-,30-,31-,32-,33-/m0/s1. The van der Waals surface area contributed by atoms with Gasteiger partial charge in [0.2, 0.25) is 47.3 Å². The summed E-state index contributed by atoms with van der Waals surface area (Å²) in [4.78, 5) is 116. The quantitative estimate of drug-likeness (QED) is 0.146. The highest BCUT2D eigenvalue weighted by atomic mass is 16.3. The molecular weight excluding hydrogens is 779 g/mol. The Hall–Kier alpha value is -5.56. The van der Waals surface area contributed by atoms with Crippen molar-refractivity contribution in [3.63, 3.8) is 0 Å². The SMILES string of the molecule is CC(C)C[C@@H]1NC(=O)[C@@H]2CCCN2C(=O)[C@H](CC(C)C)NC(=O)[C@@H]2CCCN2C(=O)CNC(=O)[C@H](CO)NC(=O)[C@H](CO)NC(=O)[C@H](Cc2c[nH]c3ccccc23)NC1=O. The smallest absolute Gasteiger partial charge is 0.245 e. The molecule has 0 bridgehead atoms. The van der Waals surface area contributed by atoms with Crippen LogP contribution in [0.25, 0.3) is 10.9 Å². The summed E-state index contributed by atoms with van der Waals surface area (Å²) in [6, 6.07) is -1.38. The average molecular weight is 838 g/mol. The van der Waals surface area contributed by atoms with E-state index in [2.05, 4.69) is 36.9 Å². The van der Waals surface area contributed by atoms with Gasteiger partial charge in [-0.25, -0.2) is 0 Å². The van der Waals surface area contributed by atoms with Crippen LogP contribution in [0.5, 0.6) is 0 Å². The van der Waals surface area contributed by atoms with E-state index in [0.717, 1.165) is 10.9 Å². The Labute approximate surface area is 348 Å². The number of aliphatic hydroxyl groups is 2. The molecule has 60 heavy (non-hydrogen) atoms. The van der Waals surface area contributed by atoms with Crippen molar-refractivity contribution in [3.8, 4) is 0 Å². The molecule has 5 rings (SSSR count). The molecule has 3 fully saturated rings. The minimum Gasteiger partial charge on any atom is -0.394 e. The Morgan fingerprint density at radius 3 is 1.75 bits per heavy atom. The van der Waals surface area contributed by atoms with Gasteiger partial charge in [-0.1, -0.05) is 45.9 Å². The van der Waals surface area contributed by atoms with E-state index in [1.807, 2.05) is 52.0 Å². The third-order valence-electron chi connectivity index (χ3n) is 11.2. The van der Waals surface area contributed by atoms with Gasteiger partial charge in [0.25, 0.3) is 0 Å². The summed E-state index contributed by atoms with van der Waals surface area (Å²) in [6.45, 7) is 5.51. The molecule has 0 aliphatic carbocycles. The monoisotopic (exact) mass is 837 g/mol. The maximum atomic E-state index is 14.2. The highest BCUT2D eigenvalue weighted by Crippen LogP contribution is 2.24. The summed E-state index contributed by atoms with van der Waals surface area (Å²) in [5.41, 5.74) is 1.41. The number of hydrogen-bond acceptors (Lipinski definition) is 10. The molecule has 7 atom stereocenters. The van der Waals surface area contributed by atoms with Crippen LogP contribution in [-0.4, -0.2) is 147 Å². The number of para-hydroxylation sites is 1. The number of H-pyrrole nitrogens is 1. The van der Waals surface area contributed by atoms with Gasteiger partial charge in [-0.05, 0) is 62.0 Å². The Morgan fingerprint density at radius 2 is 1.12 bits per heavy atom. The lowest BCUT2D eigenvalue weighted by Gasteiger charge is -2.32. The van der Waals surface area contributed by atoms with Gasteiger partial charge in [0.05, 0.1) is 19.8 Å². The summed E-state index contributed by atoms with van der Waals surface area (Å²) in [7, 11) is 0. The predicted octanol–water partition coefficient (Wildman–Crippen LogP) is -1.68. The summed E-state index contributed by atoms with van der Waals surface area (Å²) in [5.74, 6) is -5.92. The van der Waals surface area contributed by atoms with Crippen LogP contribution in [0.15, 0.2) is 30.5 Å². The second-order valence-corrected chi connectivity index (χ2v) is 16.6. The van der Waals surface area contributed by atoms with E-state index in [-0.39, 0.29) is 44.2 Å². The zero-order valence-corrected chi connectivity index (χ0v) is 34.6. The predicted molar refractivity (Wildman–Crippen MR) is 217 cm³/mol. The third kappa shape index (κ3) is 11.2. The number of aliphatic hydroxyl groups excluding tert-OH is 2. The van der Waals surface area contributed by atoms with Crippen molar-refractivity contribution in [3.05, 3.63) is 36.0 Å². The lowest BCUT2D eigenvalue weighted by Crippen LogP contribution is -2.61. The zero-order valence-electron chi connectivity index (χ0n) is 34.6. The van der Waals surface area contributed by atoms with Crippen molar-refractivity contribution in [1.29, 1.82) is 0 Å². The Kier molecular flexibility index (Phi) is 15.6. The number of rotatable bonds is 8. The number of aromatic nitrogens is 1. The van der Waals surface area contributed by atoms with Gasteiger partial charge >= 0.3 is 0 Å². The number of nitrogens with one attached hydrogen (secondary N) is 7. The lowest BCUT2D eigenvalue weighted by atomic mass is 9.99. The molecule has 8 amide bonds. The molecule has 3 aliphatic rings. The molecule has 9 N–H and O–H groups in total. The van der Waals surface area contributed by atoms with Gasteiger partial charge in [-0.2, -0.15) is 0 Å². The molecule has 3 aliphatic heterocycles. The van der Waals surface area contributed by atoms with Crippen LogP contribution in [0.3, 0.4) is 0 Å². The summed E-state index contributed by atoms with van der Waals surface area (Å²) < 4.78 is 0. The largest absolute Gasteiger partial charge is 0.394 e. The number of amides is 8. The van der Waals surface area contributed by atoms with E-state index in [4.69, 9.17) is 0 Å². The van der Waals surface area contributed by atoms with Crippen LogP contribution in [-0.2, 0) is 44.8 Å². The summed E-state index contributed by atoms with van der Waals surface area (Å²) >= 11 is 0. The van der Waals surface area contributed by atoms with Crippen molar-refractivity contribution in [1.82, 2.24) is 46.7 Å². The van der Waals surface area contributed by atoms with Crippen LogP contribution >= 0.6 is 0 Å². The molecule has 4 heterocycles. The topological polar surface area (TPSA) is 271 Å². The second-order valence-electron chi connectivity index (χ2n) is 16.6. The Balaban J connectivity index is 1.49. The van der Waals surface area contributed by atoms with E-state index in [1.165, 1.54) is 9.80 Å². The number of carbonyl (C=O) groups excluding carboxylic acids is 8. The average Bonchev–Trinajstić information content (AvgIpc) is 4.00. The van der Waals surface area contributed by atoms with E-state index in [1.54, 1.807) is 6.20 Å². The fraction of sp³-hybridized carbons (Fsp3) is 0.610. The van der Waals surface area contributed by atoms with Crippen LogP contribution < -0.4 is 31.9 Å². The van der Waals surface area contributed by atoms with Crippen molar-refractivity contribution < 1.29 is 48.6 Å². The van der Waals surface area contributed by atoms with Gasteiger partial charge in [-0.15, -0.1) is 0 Å². The first kappa shape index (κ1) is 45.5. The van der Waals surface area contributed by atoms with E-state index >= 15 is 0 Å². The van der Waals surface area contributed by atoms with Crippen LogP contribution in [0.1, 0.15) is 71.8 Å². The molecule has 328 valence electrons. The molecule has 3 saturated heterocycles. The minimum absolute atomic E-state index is 0.0429. The fourth-order valence-corrected chi connectivity index (χ4v) is 8.09. The number of fused-ring (bicyclic) bond motifs is 3. The first-order valence-electron chi connectivity index (χ1n) is 20.8. The fourth-order valence-electron chi connectivity index (χ4n) is 8.09. The van der Waals surface area contributed by atoms with Crippen LogP contribution in [0.4, 0.5) is 0 Å². The van der Waals surface area contributed by atoms with E-state index in [0.29, 0.717) is 31.2 Å². The molecule has 0 unspecified atom stereocenters. The number of nitrogens with zero attached hydrogens (tertiary/aromatic N) is 2. The second kappa shape index (κ2) is 20.6. The highest BCUT2D eigenvalue weighted by molar-refractivity contribution is 5.99. The molecular formula is C41H59N9O10. The number of carbonyl (C=O) groups is 8. The molecule has 0 radical (unpaired) electrons. The van der Waals surface area contributed by atoms with Crippen molar-refractivity contribution in [2.45, 2.75) is 115 Å². The van der Waals surface area contributed by atoms with E-state index in [9.17, 15) is 48.6 Å². The van der Waals surface area contributed by atoms with Crippen LogP contribution in [0, 0.1) is 11.8 Å². The van der Waals surface area contributed by atoms with E-state index < -0.39 is 109 Å². The maximum Gasteiger partial charge on any atom is 0.245 e. The molecule has 19 heteroatoms. The first-order chi connectivity index (χ1) is 28.6. The van der Waals surface area contributed by atoms with Crippen molar-refractivity contribution in [2.24, 2.45) is 11.8 Å². The Bertz CT molecular complexity index is 1920.